The van der Waals surface area contributed by atoms with Crippen molar-refractivity contribution in [2.45, 2.75) is 6.92 Å². The van der Waals surface area contributed by atoms with E-state index in [4.69, 9.17) is 5.73 Å². The molecule has 0 fully saturated rings. The number of aryl methyl sites for hydroxylation is 2. The van der Waals surface area contributed by atoms with Crippen molar-refractivity contribution in [3.8, 4) is 0 Å². The summed E-state index contributed by atoms with van der Waals surface area (Å²) in [6.45, 7) is 3.40. The molecule has 1 aromatic heterocycles. The van der Waals surface area contributed by atoms with Crippen LogP contribution in [0, 0.1) is 6.92 Å². The zero-order chi connectivity index (χ0) is 8.27. The molecule has 0 radical (unpaired) electrons. The second-order valence-corrected chi connectivity index (χ2v) is 2.51. The molecule has 1 rings (SSSR count). The van der Waals surface area contributed by atoms with Crippen molar-refractivity contribution < 1.29 is 0 Å². The fraction of sp³-hybridized carbons (Fsp3) is 0.571. The number of anilines is 1. The third-order valence-corrected chi connectivity index (χ3v) is 1.45. The quantitative estimate of drug-likeness (QED) is 0.808. The summed E-state index contributed by atoms with van der Waals surface area (Å²) in [5.41, 5.74) is 6.36. The van der Waals surface area contributed by atoms with Crippen LogP contribution in [0.4, 0.5) is 5.82 Å². The van der Waals surface area contributed by atoms with Gasteiger partial charge in [-0.15, -0.1) is 24.8 Å². The van der Waals surface area contributed by atoms with E-state index in [2.05, 4.69) is 10.4 Å². The van der Waals surface area contributed by atoms with Gasteiger partial charge in [0.05, 0.1) is 5.69 Å². The molecule has 0 aromatic carbocycles. The van der Waals surface area contributed by atoms with Gasteiger partial charge in [-0.1, -0.05) is 0 Å². The minimum Gasteiger partial charge on any atom is -0.369 e. The van der Waals surface area contributed by atoms with Crippen LogP contribution in [0.5, 0.6) is 0 Å². The second kappa shape index (κ2) is 7.00. The predicted molar refractivity (Wildman–Crippen MR) is 60.0 cm³/mol. The van der Waals surface area contributed by atoms with Crippen LogP contribution in [0.1, 0.15) is 5.69 Å². The lowest BCUT2D eigenvalue weighted by molar-refractivity contribution is 0.757. The number of rotatable bonds is 3. The van der Waals surface area contributed by atoms with Crippen LogP contribution in [-0.2, 0) is 7.05 Å². The fourth-order valence-corrected chi connectivity index (χ4v) is 0.976. The Labute approximate surface area is 90.7 Å². The molecule has 78 valence electrons. The zero-order valence-electron chi connectivity index (χ0n) is 7.78. The molecule has 4 nitrogen and oxygen atoms in total. The van der Waals surface area contributed by atoms with Gasteiger partial charge >= 0.3 is 0 Å². The van der Waals surface area contributed by atoms with Crippen molar-refractivity contribution in [3.05, 3.63) is 11.8 Å². The van der Waals surface area contributed by atoms with E-state index >= 15 is 0 Å². The minimum absolute atomic E-state index is 0. The SMILES string of the molecule is Cc1cc(NCCN)n(C)n1.Cl.Cl. The normalized spacial score (nSPS) is 8.54. The monoisotopic (exact) mass is 226 g/mol. The van der Waals surface area contributed by atoms with Crippen molar-refractivity contribution in [2.24, 2.45) is 12.8 Å². The number of aromatic nitrogens is 2. The molecule has 0 unspecified atom stereocenters. The van der Waals surface area contributed by atoms with E-state index in [1.165, 1.54) is 0 Å². The molecule has 0 bridgehead atoms. The molecule has 0 aliphatic rings. The van der Waals surface area contributed by atoms with Crippen LogP contribution in [0.25, 0.3) is 0 Å². The number of nitrogens with one attached hydrogen (secondary N) is 1. The Morgan fingerprint density at radius 1 is 1.54 bits per heavy atom. The average Bonchev–Trinajstić information content (AvgIpc) is 2.26. The lowest BCUT2D eigenvalue weighted by Crippen LogP contribution is -2.14. The van der Waals surface area contributed by atoms with E-state index in [1.807, 2.05) is 24.7 Å². The molecule has 0 saturated heterocycles. The van der Waals surface area contributed by atoms with Crippen molar-refractivity contribution in [2.75, 3.05) is 18.4 Å². The number of hydrogen-bond acceptors (Lipinski definition) is 3. The smallest absolute Gasteiger partial charge is 0.124 e. The van der Waals surface area contributed by atoms with E-state index < -0.39 is 0 Å². The van der Waals surface area contributed by atoms with E-state index in [1.54, 1.807) is 0 Å². The topological polar surface area (TPSA) is 55.9 Å². The van der Waals surface area contributed by atoms with Crippen molar-refractivity contribution in [1.29, 1.82) is 0 Å². The van der Waals surface area contributed by atoms with Crippen molar-refractivity contribution in [3.63, 3.8) is 0 Å². The first-order valence-corrected chi connectivity index (χ1v) is 3.68. The van der Waals surface area contributed by atoms with Crippen molar-refractivity contribution in [1.82, 2.24) is 9.78 Å². The maximum Gasteiger partial charge on any atom is 0.124 e. The Hall–Kier alpha value is -0.450. The Kier molecular flexibility index (Phi) is 8.10. The minimum atomic E-state index is 0. The molecular formula is C7H16Cl2N4. The molecule has 3 N–H and O–H groups in total. The molecule has 0 amide bonds. The molecule has 13 heavy (non-hydrogen) atoms. The first kappa shape index (κ1) is 15.0. The summed E-state index contributed by atoms with van der Waals surface area (Å²) in [6, 6.07) is 2.00. The van der Waals surface area contributed by atoms with Crippen LogP contribution >= 0.6 is 24.8 Å². The summed E-state index contributed by atoms with van der Waals surface area (Å²) in [5.74, 6) is 1.02. The summed E-state index contributed by atoms with van der Waals surface area (Å²) >= 11 is 0. The highest BCUT2D eigenvalue weighted by molar-refractivity contribution is 5.85. The maximum absolute atomic E-state index is 5.34. The summed E-state index contributed by atoms with van der Waals surface area (Å²) in [7, 11) is 1.91. The average molecular weight is 227 g/mol. The summed E-state index contributed by atoms with van der Waals surface area (Å²) in [4.78, 5) is 0. The third kappa shape index (κ3) is 4.36. The summed E-state index contributed by atoms with van der Waals surface area (Å²) < 4.78 is 1.81. The third-order valence-electron chi connectivity index (χ3n) is 1.45. The van der Waals surface area contributed by atoms with E-state index in [-0.39, 0.29) is 24.8 Å². The van der Waals surface area contributed by atoms with Crippen LogP contribution in [0.15, 0.2) is 6.07 Å². The largest absolute Gasteiger partial charge is 0.369 e. The van der Waals surface area contributed by atoms with Gasteiger partial charge in [-0.05, 0) is 6.92 Å². The highest BCUT2D eigenvalue weighted by atomic mass is 35.5. The fourth-order valence-electron chi connectivity index (χ4n) is 0.976. The van der Waals surface area contributed by atoms with Crippen LogP contribution in [0.2, 0.25) is 0 Å². The van der Waals surface area contributed by atoms with Gasteiger partial charge in [0, 0.05) is 26.2 Å². The van der Waals surface area contributed by atoms with Crippen LogP contribution < -0.4 is 11.1 Å². The summed E-state index contributed by atoms with van der Waals surface area (Å²) in [5, 5.41) is 7.34. The van der Waals surface area contributed by atoms with Gasteiger partial charge < -0.3 is 11.1 Å². The maximum atomic E-state index is 5.34. The molecular weight excluding hydrogens is 211 g/mol. The Morgan fingerprint density at radius 3 is 2.54 bits per heavy atom. The number of hydrogen-bond donors (Lipinski definition) is 2. The van der Waals surface area contributed by atoms with Gasteiger partial charge in [0.25, 0.3) is 0 Å². The highest BCUT2D eigenvalue weighted by Crippen LogP contribution is 2.06. The van der Waals surface area contributed by atoms with E-state index in [0.717, 1.165) is 18.1 Å². The highest BCUT2D eigenvalue weighted by Gasteiger charge is 1.98. The van der Waals surface area contributed by atoms with Crippen LogP contribution in [0.3, 0.4) is 0 Å². The van der Waals surface area contributed by atoms with Gasteiger partial charge in [0.2, 0.25) is 0 Å². The standard InChI is InChI=1S/C7H14N4.2ClH/c1-6-5-7(9-4-3-8)11(2)10-6;;/h5,9H,3-4,8H2,1-2H3;2*1H. The molecule has 0 spiro atoms. The molecule has 0 aliphatic carbocycles. The molecule has 1 aromatic rings. The number of nitrogens with zero attached hydrogens (tertiary/aromatic N) is 2. The van der Waals surface area contributed by atoms with Crippen LogP contribution in [-0.4, -0.2) is 22.9 Å². The molecule has 6 heteroatoms. The van der Waals surface area contributed by atoms with Gasteiger partial charge in [-0.3, -0.25) is 4.68 Å². The van der Waals surface area contributed by atoms with Gasteiger partial charge in [-0.25, -0.2) is 0 Å². The van der Waals surface area contributed by atoms with Gasteiger partial charge in [-0.2, -0.15) is 5.10 Å². The first-order chi connectivity index (χ1) is 5.24. The van der Waals surface area contributed by atoms with Crippen molar-refractivity contribution >= 4 is 30.6 Å². The lowest BCUT2D eigenvalue weighted by atomic mass is 10.4. The summed E-state index contributed by atoms with van der Waals surface area (Å²) in [6.07, 6.45) is 0. The number of halogens is 2. The molecule has 0 atom stereocenters. The predicted octanol–water partition coefficient (Wildman–Crippen LogP) is 0.943. The Bertz CT molecular complexity index is 236. The molecule has 1 heterocycles. The van der Waals surface area contributed by atoms with E-state index in [0.29, 0.717) is 6.54 Å². The molecule has 0 saturated carbocycles. The zero-order valence-corrected chi connectivity index (χ0v) is 9.41. The first-order valence-electron chi connectivity index (χ1n) is 3.68. The Balaban J connectivity index is 0. The lowest BCUT2D eigenvalue weighted by Gasteiger charge is -2.02. The second-order valence-electron chi connectivity index (χ2n) is 2.51. The van der Waals surface area contributed by atoms with Gasteiger partial charge in [0.1, 0.15) is 5.82 Å². The van der Waals surface area contributed by atoms with E-state index in [9.17, 15) is 0 Å². The molecule has 0 aliphatic heterocycles. The Morgan fingerprint density at radius 2 is 2.15 bits per heavy atom. The number of nitrogens with two attached hydrogens (primary N) is 1. The van der Waals surface area contributed by atoms with Gasteiger partial charge in [0.15, 0.2) is 0 Å².